The smallest absolute Gasteiger partial charge is 0.408 e. The summed E-state index contributed by atoms with van der Waals surface area (Å²) in [6, 6.07) is -1.27. The summed E-state index contributed by atoms with van der Waals surface area (Å²) in [5.41, 5.74) is -0.718. The summed E-state index contributed by atoms with van der Waals surface area (Å²) in [5.74, 6) is -1.50. The Kier molecular flexibility index (Phi) is 5.99. The fourth-order valence-corrected chi connectivity index (χ4v) is 2.10. The van der Waals surface area contributed by atoms with Gasteiger partial charge in [-0.2, -0.15) is 0 Å². The summed E-state index contributed by atoms with van der Waals surface area (Å²) in [7, 11) is 0. The molecule has 7 nitrogen and oxygen atoms in total. The van der Waals surface area contributed by atoms with Crippen molar-refractivity contribution in [3.63, 3.8) is 0 Å². The first kappa shape index (κ1) is 17.3. The number of likely N-dealkylation sites (tertiary alicyclic amines) is 1. The first-order valence-electron chi connectivity index (χ1n) is 7.19. The van der Waals surface area contributed by atoms with Crippen molar-refractivity contribution in [1.29, 1.82) is 0 Å². The number of alkyl carbamates (subject to hydrolysis) is 1. The van der Waals surface area contributed by atoms with Gasteiger partial charge >= 0.3 is 12.1 Å². The SMILES string of the molecule is CC(C)(C)OC(=O)NC(CC(=O)N1CCCCC1)C(=O)O. The van der Waals surface area contributed by atoms with Crippen LogP contribution in [0.4, 0.5) is 4.79 Å². The Morgan fingerprint density at radius 1 is 1.19 bits per heavy atom. The number of carbonyl (C=O) groups is 3. The second kappa shape index (κ2) is 7.28. The summed E-state index contributed by atoms with van der Waals surface area (Å²) in [4.78, 5) is 36.5. The number of ether oxygens (including phenoxy) is 1. The Bertz CT molecular complexity index is 397. The molecule has 120 valence electrons. The molecule has 0 spiro atoms. The highest BCUT2D eigenvalue weighted by molar-refractivity contribution is 5.87. The van der Waals surface area contributed by atoms with Gasteiger partial charge in [0, 0.05) is 13.1 Å². The zero-order chi connectivity index (χ0) is 16.0. The van der Waals surface area contributed by atoms with E-state index in [1.807, 2.05) is 0 Å². The number of nitrogens with one attached hydrogen (secondary N) is 1. The van der Waals surface area contributed by atoms with Gasteiger partial charge in [0.05, 0.1) is 6.42 Å². The molecule has 2 amide bonds. The van der Waals surface area contributed by atoms with Crippen molar-refractivity contribution >= 4 is 18.0 Å². The molecule has 0 aromatic carbocycles. The van der Waals surface area contributed by atoms with E-state index in [4.69, 9.17) is 9.84 Å². The number of rotatable bonds is 4. The third kappa shape index (κ3) is 6.46. The Balaban J connectivity index is 2.55. The molecule has 1 rings (SSSR count). The van der Waals surface area contributed by atoms with Crippen LogP contribution in [0.1, 0.15) is 46.5 Å². The van der Waals surface area contributed by atoms with Crippen LogP contribution in [0.15, 0.2) is 0 Å². The summed E-state index contributed by atoms with van der Waals surface area (Å²) in [6.07, 6.45) is 1.87. The monoisotopic (exact) mass is 300 g/mol. The number of aliphatic carboxylic acids is 1. The molecule has 1 aliphatic rings. The highest BCUT2D eigenvalue weighted by Gasteiger charge is 2.28. The summed E-state index contributed by atoms with van der Waals surface area (Å²) < 4.78 is 5.01. The lowest BCUT2D eigenvalue weighted by atomic mass is 10.1. The molecule has 2 N–H and O–H groups in total. The molecule has 1 fully saturated rings. The van der Waals surface area contributed by atoms with Crippen LogP contribution in [-0.4, -0.2) is 52.7 Å². The summed E-state index contributed by atoms with van der Waals surface area (Å²) in [5, 5.41) is 11.4. The number of piperidine rings is 1. The fourth-order valence-electron chi connectivity index (χ4n) is 2.10. The molecule has 1 aliphatic heterocycles. The Morgan fingerprint density at radius 3 is 2.24 bits per heavy atom. The van der Waals surface area contributed by atoms with Gasteiger partial charge in [-0.3, -0.25) is 4.79 Å². The molecule has 21 heavy (non-hydrogen) atoms. The van der Waals surface area contributed by atoms with Crippen LogP contribution in [0.2, 0.25) is 0 Å². The second-order valence-corrected chi connectivity index (χ2v) is 6.18. The van der Waals surface area contributed by atoms with Crippen molar-refractivity contribution in [2.75, 3.05) is 13.1 Å². The van der Waals surface area contributed by atoms with Gasteiger partial charge in [-0.1, -0.05) is 0 Å². The number of hydrogen-bond donors (Lipinski definition) is 2. The highest BCUT2D eigenvalue weighted by atomic mass is 16.6. The Labute approximate surface area is 124 Å². The Hall–Kier alpha value is -1.79. The van der Waals surface area contributed by atoms with E-state index < -0.39 is 23.7 Å². The van der Waals surface area contributed by atoms with E-state index >= 15 is 0 Å². The van der Waals surface area contributed by atoms with Crippen molar-refractivity contribution in [1.82, 2.24) is 10.2 Å². The molecule has 0 aliphatic carbocycles. The van der Waals surface area contributed by atoms with Crippen LogP contribution < -0.4 is 5.32 Å². The molecule has 1 atom stereocenters. The molecule has 0 radical (unpaired) electrons. The van der Waals surface area contributed by atoms with Crippen molar-refractivity contribution in [3.05, 3.63) is 0 Å². The number of nitrogens with zero attached hydrogens (tertiary/aromatic N) is 1. The van der Waals surface area contributed by atoms with Gasteiger partial charge in [0.15, 0.2) is 0 Å². The maximum absolute atomic E-state index is 12.1. The van der Waals surface area contributed by atoms with Crippen LogP contribution >= 0.6 is 0 Å². The average molecular weight is 300 g/mol. The predicted molar refractivity (Wildman–Crippen MR) is 75.8 cm³/mol. The molecular weight excluding hydrogens is 276 g/mol. The van der Waals surface area contributed by atoms with E-state index in [9.17, 15) is 14.4 Å². The number of amides is 2. The number of carboxylic acid groups (broad SMARTS) is 1. The summed E-state index contributed by atoms with van der Waals surface area (Å²) in [6.45, 7) is 6.35. The van der Waals surface area contributed by atoms with Gasteiger partial charge < -0.3 is 20.1 Å². The number of carbonyl (C=O) groups excluding carboxylic acids is 2. The minimum absolute atomic E-state index is 0.252. The molecular formula is C14H24N2O5. The minimum atomic E-state index is -1.27. The van der Waals surface area contributed by atoms with Gasteiger partial charge in [0.25, 0.3) is 0 Å². The quantitative estimate of drug-likeness (QED) is 0.817. The first-order chi connectivity index (χ1) is 9.69. The van der Waals surface area contributed by atoms with Crippen LogP contribution in [0.25, 0.3) is 0 Å². The van der Waals surface area contributed by atoms with E-state index in [1.54, 1.807) is 25.7 Å². The standard InChI is InChI=1S/C14H24N2O5/c1-14(2,3)21-13(20)15-10(12(18)19)9-11(17)16-7-5-4-6-8-16/h10H,4-9H2,1-3H3,(H,15,20)(H,18,19). The van der Waals surface area contributed by atoms with E-state index in [0.717, 1.165) is 19.3 Å². The largest absolute Gasteiger partial charge is 0.480 e. The molecule has 0 saturated carbocycles. The van der Waals surface area contributed by atoms with Crippen molar-refractivity contribution in [3.8, 4) is 0 Å². The van der Waals surface area contributed by atoms with Gasteiger partial charge in [-0.15, -0.1) is 0 Å². The molecule has 1 unspecified atom stereocenters. The molecule has 0 aromatic rings. The Morgan fingerprint density at radius 2 is 1.76 bits per heavy atom. The third-order valence-electron chi connectivity index (χ3n) is 3.08. The van der Waals surface area contributed by atoms with Gasteiger partial charge in [-0.25, -0.2) is 9.59 Å². The maximum Gasteiger partial charge on any atom is 0.408 e. The van der Waals surface area contributed by atoms with Gasteiger partial charge in [0.2, 0.25) is 5.91 Å². The normalized spacial score (nSPS) is 17.0. The van der Waals surface area contributed by atoms with Crippen molar-refractivity contribution in [2.24, 2.45) is 0 Å². The third-order valence-corrected chi connectivity index (χ3v) is 3.08. The van der Waals surface area contributed by atoms with Gasteiger partial charge in [-0.05, 0) is 40.0 Å². The number of carboxylic acids is 1. The van der Waals surface area contributed by atoms with Crippen molar-refractivity contribution in [2.45, 2.75) is 58.1 Å². The molecule has 0 aromatic heterocycles. The lowest BCUT2D eigenvalue weighted by Crippen LogP contribution is -2.47. The zero-order valence-corrected chi connectivity index (χ0v) is 12.8. The highest BCUT2D eigenvalue weighted by Crippen LogP contribution is 2.12. The van der Waals surface area contributed by atoms with Crippen LogP contribution in [0.3, 0.4) is 0 Å². The fraction of sp³-hybridized carbons (Fsp3) is 0.786. The van der Waals surface area contributed by atoms with Crippen LogP contribution in [0.5, 0.6) is 0 Å². The van der Waals surface area contributed by atoms with E-state index in [2.05, 4.69) is 5.32 Å². The molecule has 7 heteroatoms. The minimum Gasteiger partial charge on any atom is -0.480 e. The van der Waals surface area contributed by atoms with E-state index in [1.165, 1.54) is 0 Å². The number of hydrogen-bond acceptors (Lipinski definition) is 4. The zero-order valence-electron chi connectivity index (χ0n) is 12.8. The molecule has 0 bridgehead atoms. The maximum atomic E-state index is 12.1. The van der Waals surface area contributed by atoms with Crippen LogP contribution in [0, 0.1) is 0 Å². The molecule has 1 heterocycles. The topological polar surface area (TPSA) is 95.9 Å². The summed E-state index contributed by atoms with van der Waals surface area (Å²) >= 11 is 0. The predicted octanol–water partition coefficient (Wildman–Crippen LogP) is 1.37. The lowest BCUT2D eigenvalue weighted by Gasteiger charge is -2.28. The van der Waals surface area contributed by atoms with E-state index in [-0.39, 0.29) is 12.3 Å². The van der Waals surface area contributed by atoms with Crippen molar-refractivity contribution < 1.29 is 24.2 Å². The average Bonchev–Trinajstić information content (AvgIpc) is 2.36. The van der Waals surface area contributed by atoms with Crippen LogP contribution in [-0.2, 0) is 14.3 Å². The second-order valence-electron chi connectivity index (χ2n) is 6.18. The lowest BCUT2D eigenvalue weighted by molar-refractivity contribution is -0.143. The van der Waals surface area contributed by atoms with Gasteiger partial charge in [0.1, 0.15) is 11.6 Å². The molecule has 1 saturated heterocycles. The van der Waals surface area contributed by atoms with E-state index in [0.29, 0.717) is 13.1 Å². The first-order valence-corrected chi connectivity index (χ1v) is 7.19.